The SMILES string of the molecule is CC(=O)C(C)C.CC(=O)CCC(=O)C(C)C.CCC(O)C(C)C.CCC(O)C(O)C(O)C(O)C(=O)C(C)C.CCC(O)CC(C)C. The number of carbonyl (C=O) groups is 4. The molecule has 6 unspecified atom stereocenters. The first-order valence-corrected chi connectivity index (χ1v) is 17.0. The van der Waals surface area contributed by atoms with E-state index in [9.17, 15) is 39.6 Å². The summed E-state index contributed by atoms with van der Waals surface area (Å²) in [6.07, 6.45) is -2.37. The summed E-state index contributed by atoms with van der Waals surface area (Å²) in [5.41, 5.74) is 0. The van der Waals surface area contributed by atoms with Crippen LogP contribution < -0.4 is 0 Å². The molecule has 0 saturated carbocycles. The zero-order valence-corrected chi connectivity index (χ0v) is 31.9. The van der Waals surface area contributed by atoms with E-state index in [1.54, 1.807) is 27.7 Å². The molecule has 0 heterocycles. The Balaban J connectivity index is -0.000000159. The Hall–Kier alpha value is -1.56. The summed E-state index contributed by atoms with van der Waals surface area (Å²) >= 11 is 0. The molecule has 6 N–H and O–H groups in total. The van der Waals surface area contributed by atoms with Crippen molar-refractivity contribution in [3.05, 3.63) is 0 Å². The summed E-state index contributed by atoms with van der Waals surface area (Å²) in [6.45, 7) is 27.7. The highest BCUT2D eigenvalue weighted by Gasteiger charge is 2.34. The van der Waals surface area contributed by atoms with Crippen LogP contribution in [0, 0.1) is 29.6 Å². The smallest absolute Gasteiger partial charge is 0.166 e. The van der Waals surface area contributed by atoms with E-state index in [2.05, 4.69) is 13.8 Å². The normalized spacial score (nSPS) is 14.7. The average Bonchev–Trinajstić information content (AvgIpc) is 2.97. The molecule has 0 saturated heterocycles. The zero-order chi connectivity index (χ0) is 37.9. The number of carbonyl (C=O) groups excluding carboxylic acids is 4. The summed E-state index contributed by atoms with van der Waals surface area (Å²) < 4.78 is 0. The van der Waals surface area contributed by atoms with Crippen LogP contribution >= 0.6 is 0 Å². The third-order valence-electron chi connectivity index (χ3n) is 6.93. The molecule has 0 aromatic carbocycles. The fourth-order valence-corrected chi connectivity index (χ4v) is 2.94. The van der Waals surface area contributed by atoms with E-state index in [1.807, 2.05) is 55.4 Å². The predicted molar refractivity (Wildman–Crippen MR) is 186 cm³/mol. The Kier molecular flexibility index (Phi) is 37.5. The molecule has 278 valence electrons. The number of rotatable bonds is 16. The molecule has 0 bridgehead atoms. The third kappa shape index (κ3) is 35.3. The van der Waals surface area contributed by atoms with Gasteiger partial charge < -0.3 is 35.4 Å². The second-order valence-corrected chi connectivity index (χ2v) is 13.5. The number of hydrogen-bond acceptors (Lipinski definition) is 10. The van der Waals surface area contributed by atoms with Crippen LogP contribution in [0.3, 0.4) is 0 Å². The van der Waals surface area contributed by atoms with Crippen molar-refractivity contribution in [2.24, 2.45) is 29.6 Å². The third-order valence-corrected chi connectivity index (χ3v) is 6.93. The Morgan fingerprint density at radius 3 is 1.15 bits per heavy atom. The second-order valence-electron chi connectivity index (χ2n) is 13.5. The molecule has 0 rings (SSSR count). The Morgan fingerprint density at radius 2 is 0.957 bits per heavy atom. The summed E-state index contributed by atoms with van der Waals surface area (Å²) in [7, 11) is 0. The zero-order valence-electron chi connectivity index (χ0n) is 31.9. The molecular formula is C36H74O10. The van der Waals surface area contributed by atoms with Gasteiger partial charge >= 0.3 is 0 Å². The van der Waals surface area contributed by atoms with Crippen LogP contribution in [-0.2, 0) is 19.2 Å². The number of aliphatic hydroxyl groups is 6. The monoisotopic (exact) mass is 667 g/mol. The van der Waals surface area contributed by atoms with Gasteiger partial charge in [0.2, 0.25) is 0 Å². The van der Waals surface area contributed by atoms with Gasteiger partial charge in [-0.3, -0.25) is 14.4 Å². The highest BCUT2D eigenvalue weighted by atomic mass is 16.4. The Morgan fingerprint density at radius 1 is 0.543 bits per heavy atom. The molecule has 6 atom stereocenters. The molecule has 0 aliphatic carbocycles. The molecule has 0 amide bonds. The largest absolute Gasteiger partial charge is 0.393 e. The maximum atomic E-state index is 11.3. The molecule has 0 fully saturated rings. The highest BCUT2D eigenvalue weighted by Crippen LogP contribution is 2.11. The van der Waals surface area contributed by atoms with Crippen LogP contribution in [0.25, 0.3) is 0 Å². The van der Waals surface area contributed by atoms with Crippen molar-refractivity contribution < 1.29 is 49.8 Å². The summed E-state index contributed by atoms with van der Waals surface area (Å²) in [5, 5.41) is 55.4. The summed E-state index contributed by atoms with van der Waals surface area (Å²) in [5.74, 6) is 0.879. The van der Waals surface area contributed by atoms with Crippen molar-refractivity contribution in [3.8, 4) is 0 Å². The maximum Gasteiger partial charge on any atom is 0.166 e. The van der Waals surface area contributed by atoms with Gasteiger partial charge in [0.25, 0.3) is 0 Å². The molecule has 0 radical (unpaired) electrons. The summed E-state index contributed by atoms with van der Waals surface area (Å²) in [6, 6.07) is 0. The standard InChI is InChI=1S/C10H20O5.C8H14O2.C7H16O.C6H14O.C5H10O/c1-4-6(11)8(13)10(15)9(14)7(12)5(2)3;1-6(2)8(10)5-4-7(3)9;1-4-7(8)5-6(2)3;1-4-6(7)5(2)3;1-4(2)5(3)6/h5-6,8-11,13-15H,4H2,1-3H3;6H,4-5H2,1-3H3;6-8H,4-5H2,1-3H3;5-7H,4H2,1-3H3;4H,1-3H3. The summed E-state index contributed by atoms with van der Waals surface area (Å²) in [4.78, 5) is 42.8. The molecule has 10 nitrogen and oxygen atoms in total. The minimum Gasteiger partial charge on any atom is -0.393 e. The maximum absolute atomic E-state index is 11.3. The van der Waals surface area contributed by atoms with Crippen LogP contribution in [0.4, 0.5) is 0 Å². The molecule has 0 aromatic heterocycles. The number of ketones is 4. The van der Waals surface area contributed by atoms with Crippen LogP contribution in [0.1, 0.15) is 142 Å². The van der Waals surface area contributed by atoms with Gasteiger partial charge in [0.05, 0.1) is 18.3 Å². The number of hydrogen-bond donors (Lipinski definition) is 6. The van der Waals surface area contributed by atoms with Crippen LogP contribution in [0.15, 0.2) is 0 Å². The van der Waals surface area contributed by atoms with Crippen LogP contribution in [0.5, 0.6) is 0 Å². The van der Waals surface area contributed by atoms with Crippen molar-refractivity contribution in [3.63, 3.8) is 0 Å². The first-order chi connectivity index (χ1) is 20.8. The van der Waals surface area contributed by atoms with E-state index in [-0.39, 0.29) is 47.8 Å². The fraction of sp³-hybridized carbons (Fsp3) is 0.889. The van der Waals surface area contributed by atoms with Gasteiger partial charge in [-0.2, -0.15) is 0 Å². The Labute approximate surface area is 281 Å². The van der Waals surface area contributed by atoms with E-state index >= 15 is 0 Å². The van der Waals surface area contributed by atoms with E-state index in [1.165, 1.54) is 6.92 Å². The van der Waals surface area contributed by atoms with Gasteiger partial charge in [-0.1, -0.05) is 90.0 Å². The second kappa shape index (κ2) is 32.0. The number of aliphatic hydroxyl groups excluding tert-OH is 6. The predicted octanol–water partition coefficient (Wildman–Crippen LogP) is 5.09. The van der Waals surface area contributed by atoms with Crippen LogP contribution in [-0.4, -0.2) is 90.4 Å². The average molecular weight is 667 g/mol. The van der Waals surface area contributed by atoms with E-state index in [0.29, 0.717) is 24.7 Å². The minimum atomic E-state index is -1.65. The number of Topliss-reactive ketones (excluding diaryl/α,β-unsaturated/α-hetero) is 4. The van der Waals surface area contributed by atoms with Crippen molar-refractivity contribution >= 4 is 23.1 Å². The lowest BCUT2D eigenvalue weighted by Crippen LogP contribution is -2.48. The van der Waals surface area contributed by atoms with Crippen molar-refractivity contribution in [2.45, 2.75) is 179 Å². The topological polar surface area (TPSA) is 190 Å². The molecular weight excluding hydrogens is 592 g/mol. The molecule has 46 heavy (non-hydrogen) atoms. The van der Waals surface area contributed by atoms with E-state index in [0.717, 1.165) is 19.3 Å². The van der Waals surface area contributed by atoms with E-state index in [4.69, 9.17) is 10.2 Å². The van der Waals surface area contributed by atoms with Gasteiger partial charge in [0, 0.05) is 30.6 Å². The van der Waals surface area contributed by atoms with Crippen molar-refractivity contribution in [1.82, 2.24) is 0 Å². The fourth-order valence-electron chi connectivity index (χ4n) is 2.94. The molecule has 0 aromatic rings. The van der Waals surface area contributed by atoms with E-state index < -0.39 is 36.1 Å². The van der Waals surface area contributed by atoms with Crippen molar-refractivity contribution in [1.29, 1.82) is 0 Å². The Bertz CT molecular complexity index is 762. The van der Waals surface area contributed by atoms with Crippen LogP contribution in [0.2, 0.25) is 0 Å². The first-order valence-electron chi connectivity index (χ1n) is 17.0. The highest BCUT2D eigenvalue weighted by molar-refractivity contribution is 5.86. The first kappa shape index (κ1) is 53.9. The van der Waals surface area contributed by atoms with Gasteiger partial charge in [0.1, 0.15) is 35.7 Å². The van der Waals surface area contributed by atoms with Gasteiger partial charge in [-0.25, -0.2) is 0 Å². The minimum absolute atomic E-state index is 0.0688. The molecule has 0 aliphatic heterocycles. The van der Waals surface area contributed by atoms with Crippen molar-refractivity contribution in [2.75, 3.05) is 0 Å². The molecule has 10 heteroatoms. The lowest BCUT2D eigenvalue weighted by atomic mass is 9.94. The molecule has 0 spiro atoms. The lowest BCUT2D eigenvalue weighted by Gasteiger charge is -2.25. The molecule has 0 aliphatic rings. The van der Waals surface area contributed by atoms with Gasteiger partial charge in [0.15, 0.2) is 5.78 Å². The van der Waals surface area contributed by atoms with Gasteiger partial charge in [-0.05, 0) is 51.4 Å². The van der Waals surface area contributed by atoms with Gasteiger partial charge in [-0.15, -0.1) is 0 Å². The lowest BCUT2D eigenvalue weighted by molar-refractivity contribution is -0.147. The quantitative estimate of drug-likeness (QED) is 0.129.